The maximum atomic E-state index is 14.1. The summed E-state index contributed by atoms with van der Waals surface area (Å²) >= 11 is 0. The third kappa shape index (κ3) is 4.20. The van der Waals surface area contributed by atoms with Gasteiger partial charge < -0.3 is 0 Å². The summed E-state index contributed by atoms with van der Waals surface area (Å²) in [7, 11) is 0. The number of carbonyl (C=O) groups excluding carboxylic acids is 2. The van der Waals surface area contributed by atoms with E-state index in [1.807, 2.05) is 86.6 Å². The van der Waals surface area contributed by atoms with E-state index >= 15 is 0 Å². The van der Waals surface area contributed by atoms with Gasteiger partial charge in [0.1, 0.15) is 0 Å². The summed E-state index contributed by atoms with van der Waals surface area (Å²) in [5.41, 5.74) is 3.73. The van der Waals surface area contributed by atoms with Gasteiger partial charge >= 0.3 is 0 Å². The first-order valence-corrected chi connectivity index (χ1v) is 11.4. The van der Waals surface area contributed by atoms with E-state index in [-0.39, 0.29) is 5.82 Å². The zero-order chi connectivity index (χ0) is 24.4. The Labute approximate surface area is 203 Å². The molecule has 2 aromatic heterocycles. The molecule has 0 N–H and O–H groups in total. The fraction of sp³-hybridized carbons (Fsp3) is 0.0667. The molecule has 0 bridgehead atoms. The SMILES string of the molecule is Cc1cccc(C)c1C(=O)N(C(=O)c1ccccc1)c1nc(-c2ccccn2)cc2ccccc12. The molecule has 0 aliphatic carbocycles. The van der Waals surface area contributed by atoms with Crippen LogP contribution >= 0.6 is 0 Å². The number of amides is 2. The molecule has 0 fully saturated rings. The van der Waals surface area contributed by atoms with Gasteiger partial charge in [-0.1, -0.05) is 66.7 Å². The maximum absolute atomic E-state index is 14.1. The van der Waals surface area contributed by atoms with Crippen LogP contribution in [0.3, 0.4) is 0 Å². The van der Waals surface area contributed by atoms with Crippen LogP contribution in [0.2, 0.25) is 0 Å². The number of fused-ring (bicyclic) bond motifs is 1. The Morgan fingerprint density at radius 3 is 2.09 bits per heavy atom. The van der Waals surface area contributed by atoms with Crippen molar-refractivity contribution in [3.05, 3.63) is 126 Å². The Kier molecular flexibility index (Phi) is 5.90. The summed E-state index contributed by atoms with van der Waals surface area (Å²) in [4.78, 5) is 38.6. The van der Waals surface area contributed by atoms with E-state index in [9.17, 15) is 9.59 Å². The third-order valence-electron chi connectivity index (χ3n) is 5.98. The van der Waals surface area contributed by atoms with Crippen molar-refractivity contribution in [3.63, 3.8) is 0 Å². The van der Waals surface area contributed by atoms with Gasteiger partial charge in [0.15, 0.2) is 5.82 Å². The first kappa shape index (κ1) is 22.2. The van der Waals surface area contributed by atoms with E-state index in [1.165, 1.54) is 4.90 Å². The minimum absolute atomic E-state index is 0.283. The number of pyridine rings is 2. The Balaban J connectivity index is 1.79. The average molecular weight is 458 g/mol. The van der Waals surface area contributed by atoms with Crippen molar-refractivity contribution < 1.29 is 9.59 Å². The lowest BCUT2D eigenvalue weighted by Gasteiger charge is -2.24. The van der Waals surface area contributed by atoms with Crippen LogP contribution in [0.5, 0.6) is 0 Å². The summed E-state index contributed by atoms with van der Waals surface area (Å²) in [6.07, 6.45) is 1.70. The highest BCUT2D eigenvalue weighted by Gasteiger charge is 2.31. The van der Waals surface area contributed by atoms with Crippen LogP contribution in [0.4, 0.5) is 5.82 Å². The standard InChI is InChI=1S/C30H23N3O2/c1-20-11-10-12-21(2)27(20)30(35)33(29(34)22-13-4-3-5-14-22)28-24-16-7-6-15-23(24)19-26(32-28)25-17-8-9-18-31-25/h3-19H,1-2H3. The second-order valence-corrected chi connectivity index (χ2v) is 8.35. The van der Waals surface area contributed by atoms with Gasteiger partial charge in [-0.15, -0.1) is 0 Å². The molecule has 0 unspecified atom stereocenters. The Bertz CT molecular complexity index is 1530. The fourth-order valence-corrected chi connectivity index (χ4v) is 4.25. The number of hydrogen-bond donors (Lipinski definition) is 0. The second kappa shape index (κ2) is 9.31. The molecule has 5 nitrogen and oxygen atoms in total. The predicted octanol–water partition coefficient (Wildman–Crippen LogP) is 6.40. The number of imide groups is 1. The molecule has 0 aliphatic rings. The number of rotatable bonds is 4. The van der Waals surface area contributed by atoms with Crippen molar-refractivity contribution in [2.45, 2.75) is 13.8 Å². The van der Waals surface area contributed by atoms with E-state index in [2.05, 4.69) is 4.98 Å². The fourth-order valence-electron chi connectivity index (χ4n) is 4.25. The van der Waals surface area contributed by atoms with Gasteiger partial charge in [0, 0.05) is 22.7 Å². The lowest BCUT2D eigenvalue weighted by molar-refractivity contribution is 0.0896. The lowest BCUT2D eigenvalue weighted by atomic mass is 10.0. The van der Waals surface area contributed by atoms with Gasteiger partial charge in [0.25, 0.3) is 11.8 Å². The minimum Gasteiger partial charge on any atom is -0.268 e. The number of aryl methyl sites for hydroxylation is 2. The molecule has 0 radical (unpaired) electrons. The van der Waals surface area contributed by atoms with E-state index in [4.69, 9.17) is 4.98 Å². The average Bonchev–Trinajstić information content (AvgIpc) is 2.89. The Hall–Kier alpha value is -4.64. The molecule has 0 saturated carbocycles. The summed E-state index contributed by atoms with van der Waals surface area (Å²) < 4.78 is 0. The molecule has 0 atom stereocenters. The van der Waals surface area contributed by atoms with Gasteiger partial charge in [-0.2, -0.15) is 0 Å². The maximum Gasteiger partial charge on any atom is 0.267 e. The third-order valence-corrected chi connectivity index (χ3v) is 5.98. The second-order valence-electron chi connectivity index (χ2n) is 8.35. The number of aromatic nitrogens is 2. The number of carbonyl (C=O) groups is 2. The minimum atomic E-state index is -0.436. The van der Waals surface area contributed by atoms with E-state index < -0.39 is 11.8 Å². The molecule has 2 heterocycles. The molecular weight excluding hydrogens is 434 g/mol. The summed E-state index contributed by atoms with van der Waals surface area (Å²) in [6, 6.07) is 29.6. The number of hydrogen-bond acceptors (Lipinski definition) is 4. The quantitative estimate of drug-likeness (QED) is 0.293. The highest BCUT2D eigenvalue weighted by Crippen LogP contribution is 2.32. The van der Waals surface area contributed by atoms with Gasteiger partial charge in [0.05, 0.1) is 11.4 Å². The molecule has 2 amide bonds. The lowest BCUT2D eigenvalue weighted by Crippen LogP contribution is -2.38. The van der Waals surface area contributed by atoms with Crippen molar-refractivity contribution in [2.24, 2.45) is 0 Å². The van der Waals surface area contributed by atoms with Crippen LogP contribution < -0.4 is 4.90 Å². The van der Waals surface area contributed by atoms with Crippen molar-refractivity contribution >= 4 is 28.4 Å². The molecule has 3 aromatic carbocycles. The van der Waals surface area contributed by atoms with Crippen LogP contribution in [0.25, 0.3) is 22.2 Å². The van der Waals surface area contributed by atoms with Gasteiger partial charge in [-0.25, -0.2) is 9.88 Å². The first-order valence-electron chi connectivity index (χ1n) is 11.4. The first-order chi connectivity index (χ1) is 17.0. The zero-order valence-electron chi connectivity index (χ0n) is 19.5. The molecule has 0 saturated heterocycles. The normalized spacial score (nSPS) is 10.8. The van der Waals surface area contributed by atoms with Crippen molar-refractivity contribution in [2.75, 3.05) is 4.90 Å². The van der Waals surface area contributed by atoms with E-state index in [0.29, 0.717) is 27.9 Å². The molecule has 5 heteroatoms. The summed E-state index contributed by atoms with van der Waals surface area (Å²) in [6.45, 7) is 3.75. The molecule has 170 valence electrons. The molecule has 35 heavy (non-hydrogen) atoms. The van der Waals surface area contributed by atoms with Crippen molar-refractivity contribution in [1.82, 2.24) is 9.97 Å². The largest absolute Gasteiger partial charge is 0.268 e. The van der Waals surface area contributed by atoms with Crippen LogP contribution in [0.15, 0.2) is 103 Å². The van der Waals surface area contributed by atoms with E-state index in [0.717, 1.165) is 16.5 Å². The van der Waals surface area contributed by atoms with Crippen molar-refractivity contribution in [3.8, 4) is 11.4 Å². The highest BCUT2D eigenvalue weighted by molar-refractivity contribution is 6.28. The monoisotopic (exact) mass is 457 g/mol. The predicted molar refractivity (Wildman–Crippen MR) is 138 cm³/mol. The Morgan fingerprint density at radius 2 is 1.37 bits per heavy atom. The van der Waals surface area contributed by atoms with Gasteiger partial charge in [0.2, 0.25) is 0 Å². The smallest absolute Gasteiger partial charge is 0.267 e. The summed E-state index contributed by atoms with van der Waals surface area (Å²) in [5, 5.41) is 1.56. The number of nitrogens with zero attached hydrogens (tertiary/aromatic N) is 3. The van der Waals surface area contributed by atoms with Crippen LogP contribution in [-0.4, -0.2) is 21.8 Å². The molecule has 0 aliphatic heterocycles. The van der Waals surface area contributed by atoms with Crippen LogP contribution in [0, 0.1) is 13.8 Å². The summed E-state index contributed by atoms with van der Waals surface area (Å²) in [5.74, 6) is -0.565. The van der Waals surface area contributed by atoms with Crippen molar-refractivity contribution in [1.29, 1.82) is 0 Å². The van der Waals surface area contributed by atoms with Gasteiger partial charge in [-0.05, 0) is 60.7 Å². The zero-order valence-corrected chi connectivity index (χ0v) is 19.5. The van der Waals surface area contributed by atoms with E-state index in [1.54, 1.807) is 30.5 Å². The Morgan fingerprint density at radius 1 is 0.686 bits per heavy atom. The number of anilines is 1. The molecule has 5 aromatic rings. The van der Waals surface area contributed by atoms with Gasteiger partial charge in [-0.3, -0.25) is 14.6 Å². The molecular formula is C30H23N3O2. The topological polar surface area (TPSA) is 63.2 Å². The van der Waals surface area contributed by atoms with Crippen LogP contribution in [-0.2, 0) is 0 Å². The van der Waals surface area contributed by atoms with Crippen LogP contribution in [0.1, 0.15) is 31.8 Å². The highest BCUT2D eigenvalue weighted by atomic mass is 16.2. The molecule has 0 spiro atoms. The molecule has 5 rings (SSSR count). The number of benzene rings is 3.